The number of anilines is 1. The minimum absolute atomic E-state index is 0.0495. The largest absolute Gasteiger partial charge is 0.440 e. The third-order valence-corrected chi connectivity index (χ3v) is 2.60. The van der Waals surface area contributed by atoms with Crippen LogP contribution in [-0.2, 0) is 4.74 Å². The lowest BCUT2D eigenvalue weighted by Gasteiger charge is -2.29. The molecule has 1 rings (SSSR count). The summed E-state index contributed by atoms with van der Waals surface area (Å²) >= 11 is 0. The molecule has 6 heteroatoms. The maximum absolute atomic E-state index is 12.9. The number of hydrogen-bond donors (Lipinski definition) is 1. The zero-order chi connectivity index (χ0) is 14.7. The molecule has 1 atom stereocenters. The number of carbonyl (C=O) groups is 1. The van der Waals surface area contributed by atoms with Crippen molar-refractivity contribution in [3.05, 3.63) is 29.8 Å². The summed E-state index contributed by atoms with van der Waals surface area (Å²) in [4.78, 5) is 11.7. The minimum atomic E-state index is -4.83. The fraction of sp³-hybridized carbons (Fsp3) is 0.308. The molecule has 0 saturated heterocycles. The van der Waals surface area contributed by atoms with Crippen LogP contribution in [0.3, 0.4) is 0 Å². The number of terminal acetylenes is 1. The predicted molar refractivity (Wildman–Crippen MR) is 64.2 cm³/mol. The summed E-state index contributed by atoms with van der Waals surface area (Å²) in [5.41, 5.74) is 2.83. The summed E-state index contributed by atoms with van der Waals surface area (Å²) in [7, 11) is 0. The normalized spacial score (nSPS) is 14.3. The maximum Gasteiger partial charge on any atom is 0.440 e. The van der Waals surface area contributed by atoms with Crippen molar-refractivity contribution < 1.29 is 22.7 Å². The molecule has 0 fully saturated rings. The van der Waals surface area contributed by atoms with Crippen molar-refractivity contribution in [1.29, 1.82) is 0 Å². The van der Waals surface area contributed by atoms with Crippen LogP contribution in [0, 0.1) is 12.3 Å². The average Bonchev–Trinajstić information content (AvgIpc) is 2.35. The maximum atomic E-state index is 12.9. The molecule has 0 radical (unpaired) electrons. The molecule has 0 aliphatic rings. The Morgan fingerprint density at radius 3 is 2.26 bits per heavy atom. The van der Waals surface area contributed by atoms with Gasteiger partial charge in [-0.15, -0.1) is 6.42 Å². The fourth-order valence-corrected chi connectivity index (χ4v) is 1.38. The molecule has 0 amide bonds. The fourth-order valence-electron chi connectivity index (χ4n) is 1.38. The highest BCUT2D eigenvalue weighted by atomic mass is 19.4. The summed E-state index contributed by atoms with van der Waals surface area (Å²) in [6, 6.07) is 5.30. The van der Waals surface area contributed by atoms with E-state index >= 15 is 0 Å². The van der Waals surface area contributed by atoms with Crippen LogP contribution in [0.4, 0.5) is 18.9 Å². The van der Waals surface area contributed by atoms with E-state index in [1.807, 2.05) is 0 Å². The van der Waals surface area contributed by atoms with Crippen molar-refractivity contribution in [2.24, 2.45) is 0 Å². The highest BCUT2D eigenvalue weighted by Gasteiger charge is 2.56. The molecule has 1 aromatic carbocycles. The molecule has 19 heavy (non-hydrogen) atoms. The van der Waals surface area contributed by atoms with Crippen molar-refractivity contribution in [2.45, 2.75) is 25.1 Å². The Bertz CT molecular complexity index is 502. The molecular formula is C13H12F3NO2. The minimum Gasteiger partial charge on any atom is -0.432 e. The lowest BCUT2D eigenvalue weighted by molar-refractivity contribution is -0.235. The second-order valence-corrected chi connectivity index (χ2v) is 3.83. The zero-order valence-corrected chi connectivity index (χ0v) is 10.1. The van der Waals surface area contributed by atoms with Gasteiger partial charge in [0.05, 0.1) is 5.56 Å². The van der Waals surface area contributed by atoms with Crippen molar-refractivity contribution in [2.75, 3.05) is 5.73 Å². The van der Waals surface area contributed by atoms with E-state index in [2.05, 4.69) is 4.74 Å². The van der Waals surface area contributed by atoms with Gasteiger partial charge in [-0.3, -0.25) is 0 Å². The quantitative estimate of drug-likeness (QED) is 0.522. The van der Waals surface area contributed by atoms with E-state index in [-0.39, 0.29) is 5.56 Å². The molecule has 0 saturated carbocycles. The lowest BCUT2D eigenvalue weighted by Crippen LogP contribution is -2.47. The molecule has 0 aliphatic carbocycles. The van der Waals surface area contributed by atoms with Crippen molar-refractivity contribution in [3.8, 4) is 12.3 Å². The average molecular weight is 271 g/mol. The van der Waals surface area contributed by atoms with Gasteiger partial charge in [-0.25, -0.2) is 4.79 Å². The van der Waals surface area contributed by atoms with Crippen LogP contribution in [0.5, 0.6) is 0 Å². The van der Waals surface area contributed by atoms with Crippen molar-refractivity contribution in [3.63, 3.8) is 0 Å². The van der Waals surface area contributed by atoms with Gasteiger partial charge < -0.3 is 10.5 Å². The van der Waals surface area contributed by atoms with Gasteiger partial charge in [0.1, 0.15) is 0 Å². The van der Waals surface area contributed by atoms with E-state index in [9.17, 15) is 18.0 Å². The first-order valence-corrected chi connectivity index (χ1v) is 5.39. The summed E-state index contributed by atoms with van der Waals surface area (Å²) in [5.74, 6) is 0.383. The third kappa shape index (κ3) is 2.99. The van der Waals surface area contributed by atoms with Gasteiger partial charge in [0.15, 0.2) is 0 Å². The number of halogens is 3. The molecule has 0 spiro atoms. The summed E-state index contributed by atoms with van der Waals surface area (Å²) in [6.07, 6.45) is -0.507. The van der Waals surface area contributed by atoms with Crippen LogP contribution in [0.25, 0.3) is 0 Å². The van der Waals surface area contributed by atoms with Gasteiger partial charge >= 0.3 is 12.1 Å². The lowest BCUT2D eigenvalue weighted by atomic mass is 10.0. The highest BCUT2D eigenvalue weighted by molar-refractivity contribution is 5.90. The molecule has 3 nitrogen and oxygen atoms in total. The highest BCUT2D eigenvalue weighted by Crippen LogP contribution is 2.36. The Labute approximate surface area is 108 Å². The number of alkyl halides is 3. The molecule has 1 unspecified atom stereocenters. The summed E-state index contributed by atoms with van der Waals surface area (Å²) < 4.78 is 43.1. The smallest absolute Gasteiger partial charge is 0.432 e. The van der Waals surface area contributed by atoms with Gasteiger partial charge in [-0.1, -0.05) is 6.92 Å². The van der Waals surface area contributed by atoms with E-state index in [0.717, 1.165) is 0 Å². The molecule has 1 aromatic rings. The topological polar surface area (TPSA) is 52.3 Å². The van der Waals surface area contributed by atoms with Crippen LogP contribution in [0.15, 0.2) is 24.3 Å². The Morgan fingerprint density at radius 1 is 1.37 bits per heavy atom. The molecular weight excluding hydrogens is 259 g/mol. The monoisotopic (exact) mass is 271 g/mol. The van der Waals surface area contributed by atoms with Gasteiger partial charge in [0.25, 0.3) is 5.60 Å². The van der Waals surface area contributed by atoms with Crippen molar-refractivity contribution in [1.82, 2.24) is 0 Å². The first kappa shape index (κ1) is 14.9. The Balaban J connectivity index is 3.02. The van der Waals surface area contributed by atoms with Crippen LogP contribution >= 0.6 is 0 Å². The number of nitrogens with two attached hydrogens (primary N) is 1. The van der Waals surface area contributed by atoms with Crippen LogP contribution < -0.4 is 5.73 Å². The van der Waals surface area contributed by atoms with Crippen LogP contribution in [0.1, 0.15) is 23.7 Å². The Morgan fingerprint density at radius 2 is 1.89 bits per heavy atom. The van der Waals surface area contributed by atoms with E-state index in [1.54, 1.807) is 0 Å². The standard InChI is InChI=1S/C13H12F3NO2/c1-3-12(4-2,13(14,15)16)19-11(18)9-5-7-10(17)8-6-9/h1,5-8H,4,17H2,2H3. The van der Waals surface area contributed by atoms with Gasteiger partial charge in [0, 0.05) is 12.1 Å². The first-order chi connectivity index (χ1) is 8.75. The summed E-state index contributed by atoms with van der Waals surface area (Å²) in [5, 5.41) is 0. The number of rotatable bonds is 3. The zero-order valence-electron chi connectivity index (χ0n) is 10.1. The molecule has 0 heterocycles. The van der Waals surface area contributed by atoms with Gasteiger partial charge in [0.2, 0.25) is 0 Å². The van der Waals surface area contributed by atoms with Crippen LogP contribution in [-0.4, -0.2) is 17.7 Å². The number of nitrogen functional groups attached to an aromatic ring is 1. The number of hydrogen-bond acceptors (Lipinski definition) is 3. The van der Waals surface area contributed by atoms with Crippen LogP contribution in [0.2, 0.25) is 0 Å². The van der Waals surface area contributed by atoms with Gasteiger partial charge in [-0.2, -0.15) is 13.2 Å². The number of benzene rings is 1. The molecule has 0 aromatic heterocycles. The molecule has 102 valence electrons. The second-order valence-electron chi connectivity index (χ2n) is 3.83. The van der Waals surface area contributed by atoms with E-state index < -0.39 is 24.2 Å². The third-order valence-electron chi connectivity index (χ3n) is 2.60. The molecule has 0 bridgehead atoms. The number of ether oxygens (including phenoxy) is 1. The summed E-state index contributed by atoms with van der Waals surface area (Å²) in [6.45, 7) is 1.20. The predicted octanol–water partition coefficient (Wildman–Crippen LogP) is 2.77. The van der Waals surface area contributed by atoms with Gasteiger partial charge in [-0.05, 0) is 30.2 Å². The first-order valence-electron chi connectivity index (χ1n) is 5.39. The Hall–Kier alpha value is -2.16. The van der Waals surface area contributed by atoms with Crippen molar-refractivity contribution >= 4 is 11.7 Å². The molecule has 2 N–H and O–H groups in total. The Kier molecular flexibility index (Phi) is 4.10. The second kappa shape index (κ2) is 5.22. The number of esters is 1. The SMILES string of the molecule is C#CC(CC)(OC(=O)c1ccc(N)cc1)C(F)(F)F. The molecule has 0 aliphatic heterocycles. The van der Waals surface area contributed by atoms with E-state index in [4.69, 9.17) is 12.2 Å². The van der Waals surface area contributed by atoms with E-state index in [0.29, 0.717) is 5.69 Å². The number of carbonyl (C=O) groups excluding carboxylic acids is 1. The van der Waals surface area contributed by atoms with E-state index in [1.165, 1.54) is 37.1 Å².